The Hall–Kier alpha value is -1.26. The maximum atomic E-state index is 11.3. The van der Waals surface area contributed by atoms with Crippen LogP contribution in [0.5, 0.6) is 5.75 Å². The van der Waals surface area contributed by atoms with Gasteiger partial charge in [-0.15, -0.1) is 12.4 Å². The van der Waals surface area contributed by atoms with Gasteiger partial charge in [-0.05, 0) is 49.4 Å². The minimum atomic E-state index is -0.178. The standard InChI is InChI=1S/C15H21NO3.ClH/c1-3-19-15(17)10-16-13-6-4-12-9-14(18-2)7-5-11(12)8-13;/h5,7,9,13,16H,3-4,6,8,10H2,1-2H3;1H. The lowest BCUT2D eigenvalue weighted by molar-refractivity contribution is -0.142. The number of nitrogens with one attached hydrogen (secondary N) is 1. The Morgan fingerprint density at radius 3 is 2.90 bits per heavy atom. The zero-order valence-corrected chi connectivity index (χ0v) is 12.8. The first-order valence-corrected chi connectivity index (χ1v) is 6.77. The van der Waals surface area contributed by atoms with Gasteiger partial charge in [-0.25, -0.2) is 0 Å². The average Bonchev–Trinajstić information content (AvgIpc) is 2.44. The third-order valence-electron chi connectivity index (χ3n) is 3.48. The van der Waals surface area contributed by atoms with Crippen LogP contribution < -0.4 is 10.1 Å². The lowest BCUT2D eigenvalue weighted by Crippen LogP contribution is -2.38. The van der Waals surface area contributed by atoms with E-state index in [1.165, 1.54) is 11.1 Å². The van der Waals surface area contributed by atoms with Gasteiger partial charge in [0.2, 0.25) is 0 Å². The molecule has 1 aromatic carbocycles. The number of carbonyl (C=O) groups is 1. The molecule has 0 saturated carbocycles. The second-order valence-electron chi connectivity index (χ2n) is 4.76. The minimum Gasteiger partial charge on any atom is -0.497 e. The smallest absolute Gasteiger partial charge is 0.319 e. The molecule has 0 saturated heterocycles. The van der Waals surface area contributed by atoms with Gasteiger partial charge in [-0.2, -0.15) is 0 Å². The zero-order valence-electron chi connectivity index (χ0n) is 12.0. The van der Waals surface area contributed by atoms with Crippen LogP contribution in [-0.2, 0) is 22.4 Å². The topological polar surface area (TPSA) is 47.6 Å². The van der Waals surface area contributed by atoms with Gasteiger partial charge in [0.15, 0.2) is 0 Å². The fourth-order valence-electron chi connectivity index (χ4n) is 2.47. The molecule has 112 valence electrons. The maximum absolute atomic E-state index is 11.3. The van der Waals surface area contributed by atoms with Gasteiger partial charge < -0.3 is 14.8 Å². The summed E-state index contributed by atoms with van der Waals surface area (Å²) in [4.78, 5) is 11.3. The van der Waals surface area contributed by atoms with Gasteiger partial charge in [-0.3, -0.25) is 4.79 Å². The lowest BCUT2D eigenvalue weighted by Gasteiger charge is -2.25. The van der Waals surface area contributed by atoms with Crippen LogP contribution >= 0.6 is 12.4 Å². The number of carbonyl (C=O) groups excluding carboxylic acids is 1. The maximum Gasteiger partial charge on any atom is 0.319 e. The Labute approximate surface area is 126 Å². The number of ether oxygens (including phenoxy) is 2. The highest BCUT2D eigenvalue weighted by Gasteiger charge is 2.19. The van der Waals surface area contributed by atoms with E-state index in [9.17, 15) is 4.79 Å². The number of esters is 1. The number of methoxy groups -OCH3 is 1. The highest BCUT2D eigenvalue weighted by atomic mass is 35.5. The van der Waals surface area contributed by atoms with Crippen LogP contribution in [-0.4, -0.2) is 32.3 Å². The summed E-state index contributed by atoms with van der Waals surface area (Å²) in [6.45, 7) is 2.56. The predicted octanol–water partition coefficient (Wildman–Crippen LogP) is 2.13. The zero-order chi connectivity index (χ0) is 13.7. The third kappa shape index (κ3) is 4.39. The van der Waals surface area contributed by atoms with Crippen LogP contribution in [0.3, 0.4) is 0 Å². The van der Waals surface area contributed by atoms with E-state index in [4.69, 9.17) is 9.47 Å². The Morgan fingerprint density at radius 1 is 1.40 bits per heavy atom. The quantitative estimate of drug-likeness (QED) is 0.846. The number of aryl methyl sites for hydroxylation is 1. The molecule has 0 aromatic heterocycles. The van der Waals surface area contributed by atoms with Crippen LogP contribution in [0.1, 0.15) is 24.5 Å². The molecule has 1 aromatic rings. The highest BCUT2D eigenvalue weighted by molar-refractivity contribution is 5.85. The first-order chi connectivity index (χ1) is 9.22. The highest BCUT2D eigenvalue weighted by Crippen LogP contribution is 2.25. The Morgan fingerprint density at radius 2 is 2.20 bits per heavy atom. The van der Waals surface area contributed by atoms with Gasteiger partial charge in [0.1, 0.15) is 5.75 Å². The van der Waals surface area contributed by atoms with E-state index in [-0.39, 0.29) is 18.4 Å². The van der Waals surface area contributed by atoms with Crippen LogP contribution in [0.25, 0.3) is 0 Å². The Balaban J connectivity index is 0.00000200. The summed E-state index contributed by atoms with van der Waals surface area (Å²) in [5.74, 6) is 0.736. The summed E-state index contributed by atoms with van der Waals surface area (Å²) >= 11 is 0. The molecule has 0 fully saturated rings. The second kappa shape index (κ2) is 8.12. The summed E-state index contributed by atoms with van der Waals surface area (Å²) in [7, 11) is 1.69. The van der Waals surface area contributed by atoms with Crippen molar-refractivity contribution in [3.63, 3.8) is 0 Å². The van der Waals surface area contributed by atoms with Crippen molar-refractivity contribution in [3.8, 4) is 5.75 Å². The SMILES string of the molecule is CCOC(=O)CNC1CCc2cc(OC)ccc2C1.Cl. The number of halogens is 1. The molecule has 0 radical (unpaired) electrons. The molecule has 20 heavy (non-hydrogen) atoms. The molecule has 0 spiro atoms. The number of fused-ring (bicyclic) bond motifs is 1. The van der Waals surface area contributed by atoms with Crippen molar-refractivity contribution in [2.45, 2.75) is 32.2 Å². The minimum absolute atomic E-state index is 0. The molecular formula is C15H22ClNO3. The monoisotopic (exact) mass is 299 g/mol. The molecule has 1 unspecified atom stereocenters. The van der Waals surface area contributed by atoms with Gasteiger partial charge in [0.25, 0.3) is 0 Å². The van der Waals surface area contributed by atoms with E-state index in [1.54, 1.807) is 7.11 Å². The molecule has 2 rings (SSSR count). The van der Waals surface area contributed by atoms with Crippen LogP contribution in [0, 0.1) is 0 Å². The van der Waals surface area contributed by atoms with Gasteiger partial charge in [-0.1, -0.05) is 6.07 Å². The van der Waals surface area contributed by atoms with E-state index in [0.717, 1.165) is 25.0 Å². The molecule has 1 aliphatic carbocycles. The van der Waals surface area contributed by atoms with E-state index in [2.05, 4.69) is 17.4 Å². The van der Waals surface area contributed by atoms with Crippen molar-refractivity contribution in [3.05, 3.63) is 29.3 Å². The van der Waals surface area contributed by atoms with Crippen molar-refractivity contribution in [2.75, 3.05) is 20.3 Å². The van der Waals surface area contributed by atoms with Gasteiger partial charge in [0, 0.05) is 6.04 Å². The van der Waals surface area contributed by atoms with Crippen molar-refractivity contribution in [1.29, 1.82) is 0 Å². The first-order valence-electron chi connectivity index (χ1n) is 6.77. The van der Waals surface area contributed by atoms with Crippen LogP contribution in [0.15, 0.2) is 18.2 Å². The summed E-state index contributed by atoms with van der Waals surface area (Å²) in [5.41, 5.74) is 2.70. The number of rotatable bonds is 5. The fourth-order valence-corrected chi connectivity index (χ4v) is 2.47. The van der Waals surface area contributed by atoms with Crippen LogP contribution in [0.2, 0.25) is 0 Å². The van der Waals surface area contributed by atoms with E-state index in [0.29, 0.717) is 19.2 Å². The largest absolute Gasteiger partial charge is 0.497 e. The molecular weight excluding hydrogens is 278 g/mol. The first kappa shape index (κ1) is 16.8. The summed E-state index contributed by atoms with van der Waals surface area (Å²) in [5, 5.41) is 3.27. The predicted molar refractivity (Wildman–Crippen MR) is 80.7 cm³/mol. The van der Waals surface area contributed by atoms with Crippen molar-refractivity contribution in [2.24, 2.45) is 0 Å². The summed E-state index contributed by atoms with van der Waals surface area (Å²) in [6.07, 6.45) is 3.02. The molecule has 4 nitrogen and oxygen atoms in total. The fraction of sp³-hybridized carbons (Fsp3) is 0.533. The van der Waals surface area contributed by atoms with Crippen molar-refractivity contribution in [1.82, 2.24) is 5.32 Å². The summed E-state index contributed by atoms with van der Waals surface area (Å²) in [6, 6.07) is 6.57. The van der Waals surface area contributed by atoms with Gasteiger partial charge in [0.05, 0.1) is 20.3 Å². The van der Waals surface area contributed by atoms with Crippen molar-refractivity contribution < 1.29 is 14.3 Å². The molecule has 0 bridgehead atoms. The lowest BCUT2D eigenvalue weighted by atomic mass is 9.88. The number of hydrogen-bond donors (Lipinski definition) is 1. The van der Waals surface area contributed by atoms with E-state index >= 15 is 0 Å². The third-order valence-corrected chi connectivity index (χ3v) is 3.48. The summed E-state index contributed by atoms with van der Waals surface area (Å²) < 4.78 is 10.2. The molecule has 0 heterocycles. The normalized spacial score (nSPS) is 16.8. The van der Waals surface area contributed by atoms with Crippen LogP contribution in [0.4, 0.5) is 0 Å². The molecule has 5 heteroatoms. The number of hydrogen-bond acceptors (Lipinski definition) is 4. The molecule has 0 aliphatic heterocycles. The van der Waals surface area contributed by atoms with E-state index < -0.39 is 0 Å². The molecule has 1 N–H and O–H groups in total. The average molecular weight is 300 g/mol. The second-order valence-corrected chi connectivity index (χ2v) is 4.76. The van der Waals surface area contributed by atoms with Crippen molar-refractivity contribution >= 4 is 18.4 Å². The molecule has 1 aliphatic rings. The molecule has 1 atom stereocenters. The number of benzene rings is 1. The Kier molecular flexibility index (Phi) is 6.82. The Bertz CT molecular complexity index is 451. The molecule has 0 amide bonds. The van der Waals surface area contributed by atoms with E-state index in [1.807, 2.05) is 13.0 Å². The van der Waals surface area contributed by atoms with Gasteiger partial charge >= 0.3 is 5.97 Å².